The van der Waals surface area contributed by atoms with Gasteiger partial charge in [0, 0.05) is 20.3 Å². The van der Waals surface area contributed by atoms with Gasteiger partial charge in [0.15, 0.2) is 0 Å². The Bertz CT molecular complexity index is 1830. The highest BCUT2D eigenvalue weighted by molar-refractivity contribution is 7.19. The number of hydrogen-bond donors (Lipinski definition) is 0. The van der Waals surface area contributed by atoms with E-state index in [1.54, 1.807) is 0 Å². The van der Waals surface area contributed by atoms with Gasteiger partial charge >= 0.3 is 0 Å². The van der Waals surface area contributed by atoms with E-state index in [0.29, 0.717) is 0 Å². The summed E-state index contributed by atoms with van der Waals surface area (Å²) in [7, 11) is 0. The van der Waals surface area contributed by atoms with Crippen molar-refractivity contribution in [2.75, 3.05) is 0 Å². The summed E-state index contributed by atoms with van der Waals surface area (Å²) in [6.45, 7) is 0. The number of benzene rings is 5. The van der Waals surface area contributed by atoms with Gasteiger partial charge in [-0.1, -0.05) is 133 Å². The van der Waals surface area contributed by atoms with Crippen LogP contribution in [0.3, 0.4) is 0 Å². The SMILES string of the molecule is Clc1cccc2c1C1(c3ccccc3-2)c2ccccc2-c2c(-c3ccccc3)sc(-c3ccccc3)c21. The van der Waals surface area contributed by atoms with Crippen molar-refractivity contribution in [2.45, 2.75) is 5.41 Å². The van der Waals surface area contributed by atoms with Crippen LogP contribution in [0.25, 0.3) is 43.1 Å². The second-order valence-corrected chi connectivity index (χ2v) is 11.2. The van der Waals surface area contributed by atoms with Crippen LogP contribution >= 0.6 is 22.9 Å². The maximum Gasteiger partial charge on any atom is 0.0754 e. The molecule has 0 bridgehead atoms. The van der Waals surface area contributed by atoms with Crippen molar-refractivity contribution in [1.29, 1.82) is 0 Å². The topological polar surface area (TPSA) is 0 Å². The molecule has 0 saturated carbocycles. The highest BCUT2D eigenvalue weighted by Crippen LogP contribution is 2.68. The Labute approximate surface area is 225 Å². The van der Waals surface area contributed by atoms with Gasteiger partial charge in [-0.15, -0.1) is 11.3 Å². The van der Waals surface area contributed by atoms with Crippen LogP contribution in [0.4, 0.5) is 0 Å². The summed E-state index contributed by atoms with van der Waals surface area (Å²) >= 11 is 9.09. The fraction of sp³-hybridized carbons (Fsp3) is 0.0286. The molecule has 174 valence electrons. The molecule has 0 aliphatic heterocycles. The second-order valence-electron chi connectivity index (χ2n) is 9.75. The van der Waals surface area contributed by atoms with Gasteiger partial charge in [-0.3, -0.25) is 0 Å². The predicted molar refractivity (Wildman–Crippen MR) is 156 cm³/mol. The van der Waals surface area contributed by atoms with Crippen molar-refractivity contribution in [2.24, 2.45) is 0 Å². The number of fused-ring (bicyclic) bond motifs is 10. The number of rotatable bonds is 2. The second kappa shape index (κ2) is 7.79. The smallest absolute Gasteiger partial charge is 0.0754 e. The molecule has 6 aromatic rings. The van der Waals surface area contributed by atoms with E-state index in [1.807, 2.05) is 11.3 Å². The molecule has 5 aromatic carbocycles. The van der Waals surface area contributed by atoms with E-state index in [0.717, 1.165) is 5.02 Å². The Hall–Kier alpha value is -3.91. The molecule has 0 nitrogen and oxygen atoms in total. The molecule has 0 fully saturated rings. The maximum absolute atomic E-state index is 7.19. The lowest BCUT2D eigenvalue weighted by molar-refractivity contribution is 0.799. The monoisotopic (exact) mass is 508 g/mol. The lowest BCUT2D eigenvalue weighted by Gasteiger charge is -2.31. The standard InChI is InChI=1S/C35H21ClS/c36-29-21-11-18-25-24-16-7-9-19-27(24)35(31(25)29)28-20-10-8-17-26(28)30-32(35)34(23-14-5-2-6-15-23)37-33(30)22-12-3-1-4-13-22/h1-21H. The van der Waals surface area contributed by atoms with Gasteiger partial charge in [-0.05, 0) is 56.1 Å². The Morgan fingerprint density at radius 2 is 1.00 bits per heavy atom. The van der Waals surface area contributed by atoms with E-state index >= 15 is 0 Å². The minimum atomic E-state index is -0.467. The number of thiophene rings is 1. The third-order valence-electron chi connectivity index (χ3n) is 7.97. The summed E-state index contributed by atoms with van der Waals surface area (Å²) in [6.07, 6.45) is 0. The van der Waals surface area contributed by atoms with Crippen LogP contribution in [-0.2, 0) is 5.41 Å². The molecule has 1 aromatic heterocycles. The molecule has 1 atom stereocenters. The molecule has 8 rings (SSSR count). The number of hydrogen-bond acceptors (Lipinski definition) is 1. The zero-order valence-corrected chi connectivity index (χ0v) is 21.5. The van der Waals surface area contributed by atoms with E-state index < -0.39 is 5.41 Å². The summed E-state index contributed by atoms with van der Waals surface area (Å²) < 4.78 is 0. The first-order valence-corrected chi connectivity index (χ1v) is 13.8. The molecule has 1 unspecified atom stereocenters. The first kappa shape index (κ1) is 21.2. The predicted octanol–water partition coefficient (Wildman–Crippen LogP) is 10.1. The van der Waals surface area contributed by atoms with Gasteiger partial charge in [0.1, 0.15) is 0 Å². The van der Waals surface area contributed by atoms with Gasteiger partial charge in [0.2, 0.25) is 0 Å². The average molecular weight is 509 g/mol. The minimum Gasteiger partial charge on any atom is -0.134 e. The molecular weight excluding hydrogens is 488 g/mol. The molecule has 0 N–H and O–H groups in total. The minimum absolute atomic E-state index is 0.467. The van der Waals surface area contributed by atoms with Crippen molar-refractivity contribution in [3.05, 3.63) is 155 Å². The van der Waals surface area contributed by atoms with E-state index in [2.05, 4.69) is 127 Å². The van der Waals surface area contributed by atoms with Crippen LogP contribution in [0, 0.1) is 0 Å². The van der Waals surface area contributed by atoms with Crippen LogP contribution in [-0.4, -0.2) is 0 Å². The van der Waals surface area contributed by atoms with Crippen LogP contribution in [0.5, 0.6) is 0 Å². The fourth-order valence-corrected chi connectivity index (χ4v) is 8.34. The van der Waals surface area contributed by atoms with Crippen molar-refractivity contribution in [3.63, 3.8) is 0 Å². The zero-order valence-electron chi connectivity index (χ0n) is 19.9. The van der Waals surface area contributed by atoms with E-state index in [1.165, 1.54) is 65.4 Å². The van der Waals surface area contributed by atoms with Crippen molar-refractivity contribution >= 4 is 22.9 Å². The van der Waals surface area contributed by atoms with Crippen LogP contribution < -0.4 is 0 Å². The lowest BCUT2D eigenvalue weighted by Crippen LogP contribution is -2.26. The molecule has 2 aliphatic rings. The van der Waals surface area contributed by atoms with Crippen molar-refractivity contribution in [1.82, 2.24) is 0 Å². The Kier molecular flexibility index (Phi) is 4.47. The van der Waals surface area contributed by atoms with E-state index in [-0.39, 0.29) is 0 Å². The van der Waals surface area contributed by atoms with Gasteiger partial charge in [-0.25, -0.2) is 0 Å². The Balaban J connectivity index is 1.62. The summed E-state index contributed by atoms with van der Waals surface area (Å²) in [5, 5.41) is 0.822. The maximum atomic E-state index is 7.19. The first-order chi connectivity index (χ1) is 18.3. The third-order valence-corrected chi connectivity index (χ3v) is 9.57. The highest BCUT2D eigenvalue weighted by atomic mass is 35.5. The average Bonchev–Trinajstić information content (AvgIpc) is 3.59. The van der Waals surface area contributed by atoms with Gasteiger partial charge < -0.3 is 0 Å². The molecule has 2 aliphatic carbocycles. The highest BCUT2D eigenvalue weighted by Gasteiger charge is 2.55. The fourth-order valence-electron chi connectivity index (χ4n) is 6.64. The van der Waals surface area contributed by atoms with Crippen molar-refractivity contribution < 1.29 is 0 Å². The lowest BCUT2D eigenvalue weighted by atomic mass is 9.70. The van der Waals surface area contributed by atoms with Gasteiger partial charge in [0.05, 0.1) is 5.41 Å². The summed E-state index contributed by atoms with van der Waals surface area (Å²) in [5.41, 5.74) is 12.4. The molecule has 0 saturated heterocycles. The summed E-state index contributed by atoms with van der Waals surface area (Å²) in [6, 6.07) is 45.9. The molecule has 2 heteroatoms. The third kappa shape index (κ3) is 2.68. The molecule has 0 amide bonds. The van der Waals surface area contributed by atoms with Gasteiger partial charge in [-0.2, -0.15) is 0 Å². The van der Waals surface area contributed by atoms with Crippen molar-refractivity contribution in [3.8, 4) is 43.1 Å². The van der Waals surface area contributed by atoms with Crippen LogP contribution in [0.2, 0.25) is 5.02 Å². The van der Waals surface area contributed by atoms with Gasteiger partial charge in [0.25, 0.3) is 0 Å². The quantitative estimate of drug-likeness (QED) is 0.218. The Morgan fingerprint density at radius 1 is 0.459 bits per heavy atom. The zero-order chi connectivity index (χ0) is 24.6. The largest absolute Gasteiger partial charge is 0.134 e. The summed E-state index contributed by atoms with van der Waals surface area (Å²) in [4.78, 5) is 2.63. The molecule has 0 radical (unpaired) electrons. The first-order valence-electron chi connectivity index (χ1n) is 12.6. The summed E-state index contributed by atoms with van der Waals surface area (Å²) in [5.74, 6) is 0. The number of halogens is 1. The molecule has 1 heterocycles. The Morgan fingerprint density at radius 3 is 1.70 bits per heavy atom. The molecule has 1 spiro atoms. The van der Waals surface area contributed by atoms with Crippen LogP contribution in [0.15, 0.2) is 127 Å². The molecular formula is C35H21ClS. The molecule has 37 heavy (non-hydrogen) atoms. The van der Waals surface area contributed by atoms with Crippen LogP contribution in [0.1, 0.15) is 22.3 Å². The van der Waals surface area contributed by atoms with E-state index in [9.17, 15) is 0 Å². The van der Waals surface area contributed by atoms with E-state index in [4.69, 9.17) is 11.6 Å². The normalized spacial score (nSPS) is 16.4.